The monoisotopic (exact) mass is 423 g/mol. The normalized spacial score (nSPS) is 12.1. The summed E-state index contributed by atoms with van der Waals surface area (Å²) in [5, 5.41) is 0. The first-order chi connectivity index (χ1) is 11.2. The van der Waals surface area contributed by atoms with Crippen molar-refractivity contribution < 1.29 is 27.8 Å². The molecule has 0 saturated carbocycles. The molecule has 1 aromatic heterocycles. The number of amides is 2. The molecular weight excluding hydrogens is 404 g/mol. The number of imide groups is 1. The lowest BCUT2D eigenvalue weighted by Crippen LogP contribution is -2.44. The van der Waals surface area contributed by atoms with E-state index in [1.807, 2.05) is 0 Å². The highest BCUT2D eigenvalue weighted by Crippen LogP contribution is 2.27. The van der Waals surface area contributed by atoms with E-state index in [2.05, 4.69) is 25.9 Å². The van der Waals surface area contributed by atoms with Crippen LogP contribution in [0.4, 0.5) is 24.3 Å². The molecule has 0 aliphatic heterocycles. The number of ether oxygens (including phenoxy) is 2. The lowest BCUT2D eigenvalue weighted by molar-refractivity contribution is 0.0426. The zero-order valence-corrected chi connectivity index (χ0v) is 16.3. The summed E-state index contributed by atoms with van der Waals surface area (Å²) in [6.07, 6.45) is -4.19. The number of carbonyl (C=O) groups excluding carboxylic acids is 2. The third-order valence-corrected chi connectivity index (χ3v) is 2.93. The van der Waals surface area contributed by atoms with Gasteiger partial charge in [-0.15, -0.1) is 4.90 Å². The van der Waals surface area contributed by atoms with E-state index in [0.29, 0.717) is 4.90 Å². The van der Waals surface area contributed by atoms with Crippen LogP contribution in [0.1, 0.15) is 53.7 Å². The zero-order valence-electron chi connectivity index (χ0n) is 14.8. The van der Waals surface area contributed by atoms with Crippen molar-refractivity contribution in [3.63, 3.8) is 0 Å². The van der Waals surface area contributed by atoms with Gasteiger partial charge in [0.25, 0.3) is 6.43 Å². The summed E-state index contributed by atoms with van der Waals surface area (Å²) >= 11 is 2.90. The van der Waals surface area contributed by atoms with Gasteiger partial charge in [-0.2, -0.15) is 0 Å². The Morgan fingerprint density at radius 2 is 1.52 bits per heavy atom. The zero-order chi connectivity index (χ0) is 19.6. The van der Waals surface area contributed by atoms with E-state index in [4.69, 9.17) is 9.47 Å². The minimum atomic E-state index is -2.93. The molecule has 25 heavy (non-hydrogen) atoms. The van der Waals surface area contributed by atoms with Gasteiger partial charge in [0.15, 0.2) is 0 Å². The van der Waals surface area contributed by atoms with Crippen LogP contribution in [0.25, 0.3) is 0 Å². The largest absolute Gasteiger partial charge is 0.443 e. The molecule has 10 heteroatoms. The number of hydrogen-bond donors (Lipinski definition) is 0. The molecule has 7 nitrogen and oxygen atoms in total. The minimum absolute atomic E-state index is 0.0559. The fraction of sp³-hybridized carbons (Fsp3) is 0.600. The van der Waals surface area contributed by atoms with E-state index in [1.165, 1.54) is 0 Å². The van der Waals surface area contributed by atoms with Crippen LogP contribution < -0.4 is 4.90 Å². The van der Waals surface area contributed by atoms with Gasteiger partial charge in [-0.1, -0.05) is 0 Å². The van der Waals surface area contributed by atoms with Crippen molar-refractivity contribution in [3.05, 3.63) is 16.4 Å². The van der Waals surface area contributed by atoms with E-state index in [0.717, 1.165) is 6.20 Å². The Morgan fingerprint density at radius 3 is 1.88 bits per heavy atom. The Balaban J connectivity index is 3.34. The maximum Gasteiger partial charge on any atom is 0.427 e. The fourth-order valence-corrected chi connectivity index (χ4v) is 1.85. The van der Waals surface area contributed by atoms with Gasteiger partial charge in [-0.05, 0) is 57.5 Å². The Labute approximate surface area is 152 Å². The molecule has 0 radical (unpaired) electrons. The number of nitrogens with zero attached hydrogens (tertiary/aromatic N) is 3. The number of hydrogen-bond acceptors (Lipinski definition) is 6. The topological polar surface area (TPSA) is 81.6 Å². The van der Waals surface area contributed by atoms with Crippen LogP contribution in [0.15, 0.2) is 10.7 Å². The second-order valence-corrected chi connectivity index (χ2v) is 7.85. The smallest absolute Gasteiger partial charge is 0.427 e. The molecule has 0 aliphatic carbocycles. The van der Waals surface area contributed by atoms with Crippen LogP contribution in [0, 0.1) is 0 Å². The molecule has 0 spiro atoms. The molecule has 0 fully saturated rings. The van der Waals surface area contributed by atoms with E-state index in [1.54, 1.807) is 41.5 Å². The third kappa shape index (κ3) is 6.52. The molecule has 140 valence electrons. The number of rotatable bonds is 2. The van der Waals surface area contributed by atoms with Gasteiger partial charge in [0.1, 0.15) is 16.9 Å². The summed E-state index contributed by atoms with van der Waals surface area (Å²) in [6, 6.07) is 0. The Kier molecular flexibility index (Phi) is 6.44. The maximum atomic E-state index is 13.0. The van der Waals surface area contributed by atoms with Crippen molar-refractivity contribution in [1.29, 1.82) is 0 Å². The van der Waals surface area contributed by atoms with Crippen LogP contribution in [0.2, 0.25) is 0 Å². The first-order valence-corrected chi connectivity index (χ1v) is 8.07. The van der Waals surface area contributed by atoms with Crippen molar-refractivity contribution in [3.8, 4) is 0 Å². The fourth-order valence-electron chi connectivity index (χ4n) is 1.48. The molecule has 0 aromatic carbocycles. The molecule has 0 saturated heterocycles. The summed E-state index contributed by atoms with van der Waals surface area (Å²) in [4.78, 5) is 32.5. The van der Waals surface area contributed by atoms with E-state index in [-0.39, 0.29) is 4.47 Å². The molecule has 0 unspecified atom stereocenters. The number of carbonyl (C=O) groups is 2. The second-order valence-electron chi connectivity index (χ2n) is 7.00. The number of anilines is 1. The predicted molar refractivity (Wildman–Crippen MR) is 89.6 cm³/mol. The van der Waals surface area contributed by atoms with Crippen LogP contribution in [0.5, 0.6) is 0 Å². The van der Waals surface area contributed by atoms with Gasteiger partial charge in [0, 0.05) is 6.20 Å². The van der Waals surface area contributed by atoms with Gasteiger partial charge in [0.05, 0.1) is 4.47 Å². The highest BCUT2D eigenvalue weighted by Gasteiger charge is 2.35. The summed E-state index contributed by atoms with van der Waals surface area (Å²) in [6.45, 7) is 9.53. The highest BCUT2D eigenvalue weighted by molar-refractivity contribution is 9.10. The quantitative estimate of drug-likeness (QED) is 0.675. The van der Waals surface area contributed by atoms with Gasteiger partial charge < -0.3 is 9.47 Å². The molecule has 1 heterocycles. The van der Waals surface area contributed by atoms with Crippen molar-refractivity contribution in [2.75, 3.05) is 4.90 Å². The van der Waals surface area contributed by atoms with Crippen molar-refractivity contribution in [2.45, 2.75) is 59.2 Å². The predicted octanol–water partition coefficient (Wildman–Crippen LogP) is 4.85. The summed E-state index contributed by atoms with van der Waals surface area (Å²) in [5.41, 5.74) is -2.53. The van der Waals surface area contributed by atoms with Crippen LogP contribution in [-0.2, 0) is 9.47 Å². The second kappa shape index (κ2) is 7.59. The SMILES string of the molecule is CC(C)(C)OC(=O)N(C(=O)OC(C)(C)C)c1ncc(Br)c(C(F)F)n1. The molecule has 0 bridgehead atoms. The average Bonchev–Trinajstić information content (AvgIpc) is 2.36. The van der Waals surface area contributed by atoms with Gasteiger partial charge in [-0.25, -0.2) is 28.3 Å². The lowest BCUT2D eigenvalue weighted by Gasteiger charge is -2.27. The van der Waals surface area contributed by atoms with Crippen LogP contribution >= 0.6 is 15.9 Å². The standard InChI is InChI=1S/C15H20BrF2N3O4/c1-14(2,3)24-12(22)21(13(23)25-15(4,5)6)11-19-7-8(16)9(20-11)10(17)18/h7,10H,1-6H3. The number of alkyl halides is 2. The van der Waals surface area contributed by atoms with Crippen molar-refractivity contribution in [1.82, 2.24) is 9.97 Å². The summed E-state index contributed by atoms with van der Waals surface area (Å²) in [5.74, 6) is -0.568. The molecule has 0 aliphatic rings. The van der Waals surface area contributed by atoms with E-state index < -0.39 is 41.5 Å². The third-order valence-electron chi connectivity index (χ3n) is 2.32. The lowest BCUT2D eigenvalue weighted by atomic mass is 10.2. The average molecular weight is 424 g/mol. The highest BCUT2D eigenvalue weighted by atomic mass is 79.9. The molecule has 1 aromatic rings. The molecule has 2 amide bonds. The molecular formula is C15H20BrF2N3O4. The van der Waals surface area contributed by atoms with Gasteiger partial charge in [0.2, 0.25) is 5.95 Å². The Bertz CT molecular complexity index is 629. The summed E-state index contributed by atoms with van der Waals surface area (Å²) < 4.78 is 36.3. The van der Waals surface area contributed by atoms with Crippen LogP contribution in [0.3, 0.4) is 0 Å². The van der Waals surface area contributed by atoms with E-state index >= 15 is 0 Å². The number of aromatic nitrogens is 2. The minimum Gasteiger partial charge on any atom is -0.443 e. The number of halogens is 3. The molecule has 0 atom stereocenters. The van der Waals surface area contributed by atoms with Crippen molar-refractivity contribution in [2.24, 2.45) is 0 Å². The first kappa shape index (κ1) is 21.2. The van der Waals surface area contributed by atoms with Gasteiger partial charge in [-0.3, -0.25) is 0 Å². The Morgan fingerprint density at radius 1 is 1.08 bits per heavy atom. The summed E-state index contributed by atoms with van der Waals surface area (Å²) in [7, 11) is 0. The van der Waals surface area contributed by atoms with E-state index in [9.17, 15) is 18.4 Å². The first-order valence-electron chi connectivity index (χ1n) is 7.28. The van der Waals surface area contributed by atoms with Crippen LogP contribution in [-0.4, -0.2) is 33.4 Å². The molecule has 1 rings (SSSR count). The molecule has 0 N–H and O–H groups in total. The maximum absolute atomic E-state index is 13.0. The van der Waals surface area contributed by atoms with Crippen molar-refractivity contribution >= 4 is 34.1 Å². The van der Waals surface area contributed by atoms with Gasteiger partial charge >= 0.3 is 12.2 Å². The Hall–Kier alpha value is -1.84.